The van der Waals surface area contributed by atoms with Crippen molar-refractivity contribution in [3.05, 3.63) is 46.0 Å². The maximum Gasteiger partial charge on any atom is 0.275 e. The molecule has 5 rings (SSSR count). The molecule has 26 heavy (non-hydrogen) atoms. The Bertz CT molecular complexity index is 976. The molecule has 1 fully saturated rings. The van der Waals surface area contributed by atoms with E-state index in [4.69, 9.17) is 4.98 Å². The van der Waals surface area contributed by atoms with Gasteiger partial charge in [0, 0.05) is 17.8 Å². The fraction of sp³-hybridized carbons (Fsp3) is 0.450. The first-order valence-electron chi connectivity index (χ1n) is 9.46. The first-order chi connectivity index (χ1) is 12.6. The van der Waals surface area contributed by atoms with E-state index in [2.05, 4.69) is 41.2 Å². The number of imidazole rings is 1. The summed E-state index contributed by atoms with van der Waals surface area (Å²) < 4.78 is 0. The lowest BCUT2D eigenvalue weighted by Crippen LogP contribution is -2.32. The van der Waals surface area contributed by atoms with Crippen LogP contribution in [-0.4, -0.2) is 37.5 Å². The van der Waals surface area contributed by atoms with Gasteiger partial charge in [-0.3, -0.25) is 9.89 Å². The Labute approximate surface area is 152 Å². The number of aryl methyl sites for hydroxylation is 3. The van der Waals surface area contributed by atoms with Gasteiger partial charge in [0.25, 0.3) is 5.91 Å². The average molecular weight is 349 g/mol. The van der Waals surface area contributed by atoms with E-state index in [1.54, 1.807) is 0 Å². The molecule has 2 aliphatic rings. The van der Waals surface area contributed by atoms with Crippen LogP contribution < -0.4 is 0 Å². The number of hydrogen-bond donors (Lipinski definition) is 2. The Morgan fingerprint density at radius 3 is 2.92 bits per heavy atom. The second-order valence-electron chi connectivity index (χ2n) is 7.62. The molecule has 2 aromatic heterocycles. The molecule has 0 spiro atoms. The Morgan fingerprint density at radius 2 is 2.04 bits per heavy atom. The number of amides is 1. The highest BCUT2D eigenvalue weighted by molar-refractivity contribution is 5.94. The zero-order chi connectivity index (χ0) is 17.8. The van der Waals surface area contributed by atoms with Crippen molar-refractivity contribution in [1.29, 1.82) is 0 Å². The molecule has 6 heteroatoms. The molecule has 0 bridgehead atoms. The molecule has 3 aromatic rings. The van der Waals surface area contributed by atoms with Crippen molar-refractivity contribution in [2.75, 3.05) is 6.54 Å². The molecule has 1 saturated heterocycles. The third-order valence-electron chi connectivity index (χ3n) is 5.95. The fourth-order valence-electron chi connectivity index (χ4n) is 4.37. The normalized spacial score (nSPS) is 19.5. The standard InChI is InChI=1S/C20H23N5O/c1-11-9-15-16(10-12(11)2)22-19(21-15)17-7-4-8-25(17)20(26)18-13-5-3-6-14(13)23-24-18/h9-10,17H,3-8H2,1-2H3,(H,21,22)(H,23,24)/t17-/m1/s1. The maximum absolute atomic E-state index is 13.2. The van der Waals surface area contributed by atoms with Crippen LogP contribution in [0.25, 0.3) is 11.0 Å². The Balaban J connectivity index is 1.49. The summed E-state index contributed by atoms with van der Waals surface area (Å²) in [6, 6.07) is 4.26. The van der Waals surface area contributed by atoms with Crippen LogP contribution in [0.1, 0.15) is 64.0 Å². The van der Waals surface area contributed by atoms with E-state index in [9.17, 15) is 4.79 Å². The van der Waals surface area contributed by atoms with Crippen molar-refractivity contribution in [3.63, 3.8) is 0 Å². The van der Waals surface area contributed by atoms with Crippen LogP contribution in [-0.2, 0) is 12.8 Å². The molecule has 134 valence electrons. The lowest BCUT2D eigenvalue weighted by atomic mass is 10.1. The van der Waals surface area contributed by atoms with Gasteiger partial charge in [0.15, 0.2) is 5.69 Å². The van der Waals surface area contributed by atoms with Crippen molar-refractivity contribution in [3.8, 4) is 0 Å². The number of carbonyl (C=O) groups is 1. The number of aromatic amines is 2. The monoisotopic (exact) mass is 349 g/mol. The average Bonchev–Trinajstić information content (AvgIpc) is 3.37. The Kier molecular flexibility index (Phi) is 3.42. The zero-order valence-electron chi connectivity index (χ0n) is 15.2. The van der Waals surface area contributed by atoms with E-state index in [0.29, 0.717) is 5.69 Å². The first kappa shape index (κ1) is 15.6. The molecule has 1 aliphatic carbocycles. The second kappa shape index (κ2) is 5.69. The number of aromatic nitrogens is 4. The Hall–Kier alpha value is -2.63. The van der Waals surface area contributed by atoms with Gasteiger partial charge in [-0.15, -0.1) is 0 Å². The van der Waals surface area contributed by atoms with Crippen molar-refractivity contribution < 1.29 is 4.79 Å². The van der Waals surface area contributed by atoms with Gasteiger partial charge in [-0.2, -0.15) is 5.10 Å². The van der Waals surface area contributed by atoms with E-state index in [1.165, 1.54) is 11.1 Å². The zero-order valence-corrected chi connectivity index (χ0v) is 15.2. The minimum atomic E-state index is 0.00395. The number of fused-ring (bicyclic) bond motifs is 2. The molecular formula is C20H23N5O. The van der Waals surface area contributed by atoms with Crippen molar-refractivity contribution in [2.45, 2.75) is 52.0 Å². The number of hydrogen-bond acceptors (Lipinski definition) is 3. The van der Waals surface area contributed by atoms with Gasteiger partial charge in [0.1, 0.15) is 5.82 Å². The molecule has 0 saturated carbocycles. The van der Waals surface area contributed by atoms with E-state index in [0.717, 1.165) is 66.8 Å². The smallest absolute Gasteiger partial charge is 0.275 e. The molecule has 0 radical (unpaired) electrons. The SMILES string of the molecule is Cc1cc2nc([C@H]3CCCN3C(=O)c3n[nH]c4c3CCC4)[nH]c2cc1C. The van der Waals surface area contributed by atoms with E-state index in [1.807, 2.05) is 4.90 Å². The summed E-state index contributed by atoms with van der Waals surface area (Å²) in [6.45, 7) is 4.98. The minimum absolute atomic E-state index is 0.00395. The van der Waals surface area contributed by atoms with Gasteiger partial charge in [0.05, 0.1) is 17.1 Å². The van der Waals surface area contributed by atoms with Crippen LogP contribution in [0.2, 0.25) is 0 Å². The van der Waals surface area contributed by atoms with Gasteiger partial charge >= 0.3 is 0 Å². The lowest BCUT2D eigenvalue weighted by Gasteiger charge is -2.22. The first-order valence-corrected chi connectivity index (χ1v) is 9.46. The van der Waals surface area contributed by atoms with Gasteiger partial charge in [0.2, 0.25) is 0 Å². The van der Waals surface area contributed by atoms with E-state index < -0.39 is 0 Å². The third-order valence-corrected chi connectivity index (χ3v) is 5.95. The number of benzene rings is 1. The van der Waals surface area contributed by atoms with Crippen LogP contribution >= 0.6 is 0 Å². The van der Waals surface area contributed by atoms with Gasteiger partial charge < -0.3 is 9.88 Å². The number of rotatable bonds is 2. The summed E-state index contributed by atoms with van der Waals surface area (Å²) in [6.07, 6.45) is 5.00. The molecule has 1 amide bonds. The molecule has 3 heterocycles. The van der Waals surface area contributed by atoms with Gasteiger partial charge in [-0.1, -0.05) is 0 Å². The summed E-state index contributed by atoms with van der Waals surface area (Å²) in [4.78, 5) is 23.4. The molecular weight excluding hydrogens is 326 g/mol. The van der Waals surface area contributed by atoms with Crippen molar-refractivity contribution in [1.82, 2.24) is 25.1 Å². The molecule has 1 aliphatic heterocycles. The highest BCUT2D eigenvalue weighted by Crippen LogP contribution is 2.34. The van der Waals surface area contributed by atoms with E-state index in [-0.39, 0.29) is 11.9 Å². The van der Waals surface area contributed by atoms with E-state index >= 15 is 0 Å². The predicted octanol–water partition coefficient (Wildman–Crippen LogP) is 3.37. The van der Waals surface area contributed by atoms with Crippen molar-refractivity contribution >= 4 is 16.9 Å². The highest BCUT2D eigenvalue weighted by Gasteiger charge is 2.35. The lowest BCUT2D eigenvalue weighted by molar-refractivity contribution is 0.0723. The molecule has 6 nitrogen and oxygen atoms in total. The number of likely N-dealkylation sites (tertiary alicyclic amines) is 1. The van der Waals surface area contributed by atoms with Crippen LogP contribution in [0.15, 0.2) is 12.1 Å². The molecule has 0 unspecified atom stereocenters. The summed E-state index contributed by atoms with van der Waals surface area (Å²) in [5.74, 6) is 0.933. The largest absolute Gasteiger partial charge is 0.340 e. The number of H-pyrrole nitrogens is 2. The quantitative estimate of drug-likeness (QED) is 0.744. The maximum atomic E-state index is 13.2. The van der Waals surface area contributed by atoms with Gasteiger partial charge in [-0.05, 0) is 69.2 Å². The van der Waals surface area contributed by atoms with Crippen LogP contribution in [0, 0.1) is 13.8 Å². The minimum Gasteiger partial charge on any atom is -0.340 e. The number of carbonyl (C=O) groups excluding carboxylic acids is 1. The van der Waals surface area contributed by atoms with Crippen molar-refractivity contribution in [2.24, 2.45) is 0 Å². The topological polar surface area (TPSA) is 77.7 Å². The molecule has 1 atom stereocenters. The Morgan fingerprint density at radius 1 is 1.19 bits per heavy atom. The summed E-state index contributed by atoms with van der Waals surface area (Å²) in [5, 5.41) is 7.39. The summed E-state index contributed by atoms with van der Waals surface area (Å²) in [7, 11) is 0. The van der Waals surface area contributed by atoms with Crippen LogP contribution in [0.5, 0.6) is 0 Å². The highest BCUT2D eigenvalue weighted by atomic mass is 16.2. The van der Waals surface area contributed by atoms with Crippen LogP contribution in [0.3, 0.4) is 0 Å². The predicted molar refractivity (Wildman–Crippen MR) is 99.2 cm³/mol. The fourth-order valence-corrected chi connectivity index (χ4v) is 4.37. The molecule has 2 N–H and O–H groups in total. The summed E-state index contributed by atoms with van der Waals surface area (Å²) >= 11 is 0. The molecule has 1 aromatic carbocycles. The number of nitrogens with one attached hydrogen (secondary N) is 2. The van der Waals surface area contributed by atoms with Gasteiger partial charge in [-0.25, -0.2) is 4.98 Å². The third kappa shape index (κ3) is 2.28. The number of nitrogens with zero attached hydrogens (tertiary/aromatic N) is 3. The second-order valence-corrected chi connectivity index (χ2v) is 7.62. The summed E-state index contributed by atoms with van der Waals surface area (Å²) in [5.41, 5.74) is 7.38. The van der Waals surface area contributed by atoms with Crippen LogP contribution in [0.4, 0.5) is 0 Å².